The van der Waals surface area contributed by atoms with Crippen molar-refractivity contribution >= 4 is 21.6 Å². The van der Waals surface area contributed by atoms with Gasteiger partial charge in [0.2, 0.25) is 0 Å². The summed E-state index contributed by atoms with van der Waals surface area (Å²) in [4.78, 5) is 4.40. The lowest BCUT2D eigenvalue weighted by Gasteiger charge is -2.20. The molecule has 0 radical (unpaired) electrons. The van der Waals surface area contributed by atoms with Crippen LogP contribution in [0.2, 0.25) is 0 Å². The molecule has 0 atom stereocenters. The van der Waals surface area contributed by atoms with Crippen LogP contribution in [-0.2, 0) is 5.41 Å². The van der Waals surface area contributed by atoms with Crippen LogP contribution in [0.4, 0.5) is 0 Å². The van der Waals surface area contributed by atoms with E-state index in [-0.39, 0.29) is 5.41 Å². The van der Waals surface area contributed by atoms with Crippen molar-refractivity contribution in [1.82, 2.24) is 4.98 Å². The Morgan fingerprint density at radius 2 is 2.06 bits per heavy atom. The molecule has 0 aliphatic rings. The Morgan fingerprint density at radius 1 is 1.31 bits per heavy atom. The maximum atomic E-state index is 5.59. The van der Waals surface area contributed by atoms with E-state index in [1.165, 1.54) is 10.3 Å². The normalized spacial score (nSPS) is 12.0. The van der Waals surface area contributed by atoms with Gasteiger partial charge in [0, 0.05) is 0 Å². The molecule has 1 aromatic heterocycles. The minimum Gasteiger partial charge on any atom is -0.492 e. The zero-order valence-electron chi connectivity index (χ0n) is 10.2. The van der Waals surface area contributed by atoms with Gasteiger partial charge >= 0.3 is 0 Å². The van der Waals surface area contributed by atoms with Gasteiger partial charge in [0.25, 0.3) is 0 Å². The molecule has 1 aromatic carbocycles. The Bertz CT molecular complexity index is 496. The average molecular weight is 235 g/mol. The smallest absolute Gasteiger partial charge is 0.146 e. The van der Waals surface area contributed by atoms with Crippen molar-refractivity contribution in [2.75, 3.05) is 6.61 Å². The first-order chi connectivity index (χ1) is 7.54. The van der Waals surface area contributed by atoms with Crippen LogP contribution in [0.15, 0.2) is 17.6 Å². The molecular formula is C13H17NOS. The van der Waals surface area contributed by atoms with Crippen LogP contribution in [-0.4, -0.2) is 11.6 Å². The van der Waals surface area contributed by atoms with Crippen LogP contribution in [0.3, 0.4) is 0 Å². The van der Waals surface area contributed by atoms with E-state index < -0.39 is 0 Å². The van der Waals surface area contributed by atoms with Gasteiger partial charge in [0.1, 0.15) is 11.3 Å². The first kappa shape index (κ1) is 11.4. The van der Waals surface area contributed by atoms with E-state index in [0.717, 1.165) is 11.3 Å². The fraction of sp³-hybridized carbons (Fsp3) is 0.462. The van der Waals surface area contributed by atoms with E-state index in [0.29, 0.717) is 6.61 Å². The highest BCUT2D eigenvalue weighted by Crippen LogP contribution is 2.36. The van der Waals surface area contributed by atoms with E-state index in [1.807, 2.05) is 18.5 Å². The largest absolute Gasteiger partial charge is 0.492 e. The summed E-state index contributed by atoms with van der Waals surface area (Å²) in [5.74, 6) is 0.895. The van der Waals surface area contributed by atoms with E-state index in [1.54, 1.807) is 11.3 Å². The summed E-state index contributed by atoms with van der Waals surface area (Å²) in [7, 11) is 0. The Balaban J connectivity index is 2.64. The molecule has 0 aliphatic heterocycles. The number of thiazole rings is 1. The molecular weight excluding hydrogens is 218 g/mol. The maximum absolute atomic E-state index is 5.59. The number of ether oxygens (including phenoxy) is 1. The van der Waals surface area contributed by atoms with E-state index in [4.69, 9.17) is 4.74 Å². The standard InChI is InChI=1S/C13H17NOS/c1-5-15-10-7-6-9(13(2,3)4)12-11(10)14-8-16-12/h6-8H,5H2,1-4H3. The van der Waals surface area contributed by atoms with Gasteiger partial charge in [0.05, 0.1) is 16.8 Å². The molecule has 0 fully saturated rings. The van der Waals surface area contributed by atoms with Crippen molar-refractivity contribution in [2.24, 2.45) is 0 Å². The van der Waals surface area contributed by atoms with Gasteiger partial charge in [0.15, 0.2) is 0 Å². The van der Waals surface area contributed by atoms with Crippen molar-refractivity contribution in [3.05, 3.63) is 23.2 Å². The quantitative estimate of drug-likeness (QED) is 0.785. The lowest BCUT2D eigenvalue weighted by molar-refractivity contribution is 0.343. The zero-order valence-corrected chi connectivity index (χ0v) is 11.0. The van der Waals surface area contributed by atoms with Gasteiger partial charge in [-0.05, 0) is 24.0 Å². The van der Waals surface area contributed by atoms with Crippen molar-refractivity contribution in [3.63, 3.8) is 0 Å². The average Bonchev–Trinajstić information content (AvgIpc) is 2.65. The van der Waals surface area contributed by atoms with Gasteiger partial charge < -0.3 is 4.74 Å². The Labute approximate surface area is 100 Å². The third-order valence-corrected chi connectivity index (χ3v) is 3.41. The van der Waals surface area contributed by atoms with Crippen molar-refractivity contribution in [1.29, 1.82) is 0 Å². The molecule has 0 saturated heterocycles. The second kappa shape index (κ2) is 4.06. The summed E-state index contributed by atoms with van der Waals surface area (Å²) >= 11 is 1.69. The molecule has 0 saturated carbocycles. The summed E-state index contributed by atoms with van der Waals surface area (Å²) in [6, 6.07) is 4.19. The maximum Gasteiger partial charge on any atom is 0.146 e. The second-order valence-corrected chi connectivity index (χ2v) is 5.68. The number of benzene rings is 1. The van der Waals surface area contributed by atoms with Gasteiger partial charge in [-0.3, -0.25) is 0 Å². The third kappa shape index (κ3) is 1.92. The number of hydrogen-bond acceptors (Lipinski definition) is 3. The minimum atomic E-state index is 0.148. The summed E-state index contributed by atoms with van der Waals surface area (Å²) in [6.07, 6.45) is 0. The molecule has 0 N–H and O–H groups in total. The van der Waals surface area contributed by atoms with Crippen LogP contribution >= 0.6 is 11.3 Å². The molecule has 3 heteroatoms. The summed E-state index contributed by atoms with van der Waals surface area (Å²) < 4.78 is 6.84. The number of hydrogen-bond donors (Lipinski definition) is 0. The zero-order chi connectivity index (χ0) is 11.8. The summed E-state index contributed by atoms with van der Waals surface area (Å²) in [5, 5.41) is 0. The topological polar surface area (TPSA) is 22.1 Å². The molecule has 0 unspecified atom stereocenters. The minimum absolute atomic E-state index is 0.148. The molecule has 2 aromatic rings. The number of rotatable bonds is 2. The van der Waals surface area contributed by atoms with Gasteiger partial charge in [-0.2, -0.15) is 0 Å². The second-order valence-electron chi connectivity index (χ2n) is 4.82. The van der Waals surface area contributed by atoms with Crippen molar-refractivity contribution in [3.8, 4) is 5.75 Å². The van der Waals surface area contributed by atoms with E-state index in [2.05, 4.69) is 31.8 Å². The molecule has 16 heavy (non-hydrogen) atoms. The Hall–Kier alpha value is -1.09. The van der Waals surface area contributed by atoms with E-state index >= 15 is 0 Å². The molecule has 86 valence electrons. The molecule has 2 rings (SSSR count). The molecule has 1 heterocycles. The lowest BCUT2D eigenvalue weighted by atomic mass is 9.87. The van der Waals surface area contributed by atoms with Gasteiger partial charge in [-0.25, -0.2) is 4.98 Å². The first-order valence-electron chi connectivity index (χ1n) is 5.53. The fourth-order valence-corrected chi connectivity index (χ4v) is 2.82. The molecule has 0 bridgehead atoms. The highest BCUT2D eigenvalue weighted by molar-refractivity contribution is 7.17. The summed E-state index contributed by atoms with van der Waals surface area (Å²) in [5.41, 5.74) is 4.38. The predicted molar refractivity (Wildman–Crippen MR) is 69.5 cm³/mol. The molecule has 0 spiro atoms. The van der Waals surface area contributed by atoms with Crippen LogP contribution < -0.4 is 4.74 Å². The first-order valence-corrected chi connectivity index (χ1v) is 6.41. The van der Waals surface area contributed by atoms with Gasteiger partial charge in [-0.1, -0.05) is 26.8 Å². The number of nitrogens with zero attached hydrogens (tertiary/aromatic N) is 1. The van der Waals surface area contributed by atoms with Crippen LogP contribution in [0, 0.1) is 0 Å². The third-order valence-electron chi connectivity index (χ3n) is 2.55. The molecule has 0 amide bonds. The fourth-order valence-electron chi connectivity index (χ4n) is 1.79. The molecule has 2 nitrogen and oxygen atoms in total. The van der Waals surface area contributed by atoms with Crippen molar-refractivity contribution < 1.29 is 4.74 Å². The number of aromatic nitrogens is 1. The summed E-state index contributed by atoms with van der Waals surface area (Å²) in [6.45, 7) is 9.35. The van der Waals surface area contributed by atoms with Crippen LogP contribution in [0.1, 0.15) is 33.3 Å². The Kier molecular flexibility index (Phi) is 2.89. The van der Waals surface area contributed by atoms with E-state index in [9.17, 15) is 0 Å². The SMILES string of the molecule is CCOc1ccc(C(C)(C)C)c2scnc12. The highest BCUT2D eigenvalue weighted by Gasteiger charge is 2.19. The van der Waals surface area contributed by atoms with Crippen LogP contribution in [0.25, 0.3) is 10.2 Å². The highest BCUT2D eigenvalue weighted by atomic mass is 32.1. The van der Waals surface area contributed by atoms with Crippen LogP contribution in [0.5, 0.6) is 5.75 Å². The molecule has 0 aliphatic carbocycles. The lowest BCUT2D eigenvalue weighted by Crippen LogP contribution is -2.11. The monoisotopic (exact) mass is 235 g/mol. The van der Waals surface area contributed by atoms with Gasteiger partial charge in [-0.15, -0.1) is 11.3 Å². The van der Waals surface area contributed by atoms with Crippen molar-refractivity contribution in [2.45, 2.75) is 33.1 Å². The predicted octanol–water partition coefficient (Wildman–Crippen LogP) is 3.99. The Morgan fingerprint density at radius 3 is 2.69 bits per heavy atom. The number of fused-ring (bicyclic) bond motifs is 1.